The summed E-state index contributed by atoms with van der Waals surface area (Å²) in [5.74, 6) is -2.93. The third-order valence-corrected chi connectivity index (χ3v) is 6.59. The molecule has 3 N–H and O–H groups in total. The fraction of sp³-hybridized carbons (Fsp3) is 0.323. The molecular weight excluding hydrogens is 565 g/mol. The van der Waals surface area contributed by atoms with Crippen LogP contribution in [-0.2, 0) is 9.53 Å². The van der Waals surface area contributed by atoms with E-state index in [1.807, 2.05) is 6.07 Å². The maximum absolute atomic E-state index is 11.4. The molecule has 12 heteroatoms. The van der Waals surface area contributed by atoms with Crippen LogP contribution < -0.4 is 5.32 Å². The van der Waals surface area contributed by atoms with Gasteiger partial charge in [0.25, 0.3) is 0 Å². The number of carboxylic acids is 2. The number of aliphatic carboxylic acids is 1. The van der Waals surface area contributed by atoms with Gasteiger partial charge in [-0.3, -0.25) is 9.89 Å². The van der Waals surface area contributed by atoms with Crippen molar-refractivity contribution >= 4 is 23.6 Å². The monoisotopic (exact) mass is 600 g/mol. The second-order valence-electron chi connectivity index (χ2n) is 9.61. The average molecular weight is 601 g/mol. The van der Waals surface area contributed by atoms with Crippen LogP contribution in [0.15, 0.2) is 89.9 Å². The van der Waals surface area contributed by atoms with Gasteiger partial charge in [0.2, 0.25) is 0 Å². The molecule has 1 aliphatic heterocycles. The van der Waals surface area contributed by atoms with Crippen molar-refractivity contribution in [3.63, 3.8) is 0 Å². The second-order valence-corrected chi connectivity index (χ2v) is 9.61. The lowest BCUT2D eigenvalue weighted by molar-refractivity contribution is -0.192. The molecule has 0 atom stereocenters. The summed E-state index contributed by atoms with van der Waals surface area (Å²) in [4.78, 5) is 29.9. The van der Waals surface area contributed by atoms with Gasteiger partial charge in [0.1, 0.15) is 0 Å². The van der Waals surface area contributed by atoms with Gasteiger partial charge in [0, 0.05) is 52.1 Å². The molecular formula is C31H35F3N4O5. The summed E-state index contributed by atoms with van der Waals surface area (Å²) < 4.78 is 36.9. The summed E-state index contributed by atoms with van der Waals surface area (Å²) in [5.41, 5.74) is 3.54. The Balaban J connectivity index is 0.000000646. The molecule has 0 saturated carbocycles. The fourth-order valence-electron chi connectivity index (χ4n) is 4.55. The van der Waals surface area contributed by atoms with Crippen molar-refractivity contribution in [2.45, 2.75) is 18.6 Å². The summed E-state index contributed by atoms with van der Waals surface area (Å²) in [6, 6.07) is 28.3. The quantitative estimate of drug-likeness (QED) is 0.174. The van der Waals surface area contributed by atoms with Crippen LogP contribution in [0.2, 0.25) is 0 Å². The van der Waals surface area contributed by atoms with Crippen molar-refractivity contribution in [1.29, 1.82) is 0 Å². The summed E-state index contributed by atoms with van der Waals surface area (Å²) in [7, 11) is 1.69. The fourth-order valence-corrected chi connectivity index (χ4v) is 4.55. The normalized spacial score (nSPS) is 14.2. The molecule has 0 radical (unpaired) electrons. The number of anilines is 1. The number of nitrogens with zero attached hydrogens (tertiary/aromatic N) is 3. The number of halogens is 3. The molecule has 3 aromatic rings. The molecule has 0 bridgehead atoms. The Bertz CT molecular complexity index is 1290. The number of hydrogen-bond donors (Lipinski definition) is 3. The van der Waals surface area contributed by atoms with Gasteiger partial charge in [0.15, 0.2) is 5.96 Å². The molecule has 0 unspecified atom stereocenters. The Hall–Kier alpha value is -4.42. The molecule has 9 nitrogen and oxygen atoms in total. The predicted molar refractivity (Wildman–Crippen MR) is 157 cm³/mol. The molecule has 0 aromatic heterocycles. The van der Waals surface area contributed by atoms with Crippen LogP contribution in [0.3, 0.4) is 0 Å². The van der Waals surface area contributed by atoms with E-state index in [4.69, 9.17) is 19.6 Å². The van der Waals surface area contributed by atoms with Crippen LogP contribution in [0, 0.1) is 0 Å². The van der Waals surface area contributed by atoms with Crippen LogP contribution in [0.4, 0.5) is 18.9 Å². The minimum absolute atomic E-state index is 0.192. The van der Waals surface area contributed by atoms with Crippen molar-refractivity contribution < 1.29 is 37.7 Å². The molecule has 1 heterocycles. The molecule has 1 aliphatic rings. The highest BCUT2D eigenvalue weighted by Gasteiger charge is 2.38. The van der Waals surface area contributed by atoms with E-state index in [1.165, 1.54) is 11.1 Å². The van der Waals surface area contributed by atoms with Crippen LogP contribution in [-0.4, -0.2) is 90.5 Å². The first-order valence-electron chi connectivity index (χ1n) is 13.6. The van der Waals surface area contributed by atoms with E-state index in [0.29, 0.717) is 18.8 Å². The lowest BCUT2D eigenvalue weighted by Gasteiger charge is -2.41. The third-order valence-electron chi connectivity index (χ3n) is 6.59. The number of rotatable bonds is 9. The van der Waals surface area contributed by atoms with Gasteiger partial charge in [-0.25, -0.2) is 9.59 Å². The zero-order valence-corrected chi connectivity index (χ0v) is 23.7. The molecule has 1 saturated heterocycles. The number of hydrogen-bond acceptors (Lipinski definition) is 5. The number of ether oxygens (including phenoxy) is 1. The van der Waals surface area contributed by atoms with Crippen molar-refractivity contribution in [3.05, 3.63) is 102 Å². The lowest BCUT2D eigenvalue weighted by atomic mass is 9.96. The standard InChI is InChI=1S/C29H34N4O3.C2HF3O2/c1-36-21-9-16-30-29(31-26-15-8-14-25(22-26)28(34)35)33-19-17-32(18-20-33)27(23-10-4-2-5-11-23)24-12-6-3-7-13-24;3-2(4,5)1(6)7/h2-8,10-15,22,27H,9,16-21H2,1H3,(H,30,31)(H,34,35);(H,6,7). The number of methoxy groups -OCH3 is 1. The minimum atomic E-state index is -5.08. The third kappa shape index (κ3) is 10.4. The van der Waals surface area contributed by atoms with Gasteiger partial charge in [-0.05, 0) is 35.7 Å². The number of carboxylic acid groups (broad SMARTS) is 2. The van der Waals surface area contributed by atoms with Crippen LogP contribution in [0.5, 0.6) is 0 Å². The molecule has 230 valence electrons. The number of aromatic carboxylic acids is 1. The summed E-state index contributed by atoms with van der Waals surface area (Å²) in [6.07, 6.45) is -4.26. The summed E-state index contributed by atoms with van der Waals surface area (Å²) in [6.45, 7) is 4.65. The Labute approximate surface area is 248 Å². The van der Waals surface area contributed by atoms with Crippen molar-refractivity contribution in [1.82, 2.24) is 9.80 Å². The number of benzene rings is 3. The van der Waals surface area contributed by atoms with Crippen molar-refractivity contribution in [3.8, 4) is 0 Å². The zero-order valence-electron chi connectivity index (χ0n) is 23.7. The SMILES string of the molecule is COCCCN=C(Nc1cccc(C(=O)O)c1)N1CCN(C(c2ccccc2)c2ccccc2)CC1.O=C(O)C(F)(F)F. The largest absolute Gasteiger partial charge is 0.490 e. The maximum Gasteiger partial charge on any atom is 0.490 e. The Morgan fingerprint density at radius 2 is 1.47 bits per heavy atom. The number of guanidine groups is 1. The number of nitrogens with one attached hydrogen (secondary N) is 1. The molecule has 3 aromatic carbocycles. The van der Waals surface area contributed by atoms with E-state index in [1.54, 1.807) is 25.3 Å². The molecule has 1 fully saturated rings. The average Bonchev–Trinajstić information content (AvgIpc) is 3.00. The van der Waals surface area contributed by atoms with Gasteiger partial charge in [0.05, 0.1) is 11.6 Å². The Morgan fingerprint density at radius 1 is 0.907 bits per heavy atom. The van der Waals surface area contributed by atoms with E-state index in [2.05, 4.69) is 75.8 Å². The van der Waals surface area contributed by atoms with E-state index in [9.17, 15) is 23.1 Å². The van der Waals surface area contributed by atoms with Gasteiger partial charge in [-0.15, -0.1) is 0 Å². The van der Waals surface area contributed by atoms with Crippen LogP contribution in [0.25, 0.3) is 0 Å². The highest BCUT2D eigenvalue weighted by Crippen LogP contribution is 2.29. The van der Waals surface area contributed by atoms with E-state index < -0.39 is 18.1 Å². The van der Waals surface area contributed by atoms with Crippen molar-refractivity contribution in [2.24, 2.45) is 4.99 Å². The van der Waals surface area contributed by atoms with E-state index >= 15 is 0 Å². The maximum atomic E-state index is 11.4. The minimum Gasteiger partial charge on any atom is -0.478 e. The first kappa shape index (κ1) is 33.1. The highest BCUT2D eigenvalue weighted by atomic mass is 19.4. The molecule has 4 rings (SSSR count). The molecule has 43 heavy (non-hydrogen) atoms. The van der Waals surface area contributed by atoms with Gasteiger partial charge >= 0.3 is 18.1 Å². The number of alkyl halides is 3. The van der Waals surface area contributed by atoms with Crippen LogP contribution in [0.1, 0.15) is 33.9 Å². The Morgan fingerprint density at radius 3 is 1.95 bits per heavy atom. The number of carbonyl (C=O) groups is 2. The molecule has 0 amide bonds. The van der Waals surface area contributed by atoms with Gasteiger partial charge in [-0.1, -0.05) is 66.7 Å². The number of aliphatic imine (C=N–C) groups is 1. The van der Waals surface area contributed by atoms with E-state index in [-0.39, 0.29) is 11.6 Å². The molecule has 0 aliphatic carbocycles. The highest BCUT2D eigenvalue weighted by molar-refractivity contribution is 5.95. The predicted octanol–water partition coefficient (Wildman–Crippen LogP) is 5.23. The topological polar surface area (TPSA) is 115 Å². The second kappa shape index (κ2) is 16.3. The van der Waals surface area contributed by atoms with Crippen molar-refractivity contribution in [2.75, 3.05) is 51.8 Å². The first-order chi connectivity index (χ1) is 20.6. The smallest absolute Gasteiger partial charge is 0.478 e. The first-order valence-corrected chi connectivity index (χ1v) is 13.6. The number of piperazine rings is 1. The Kier molecular flexibility index (Phi) is 12.5. The molecule has 0 spiro atoms. The van der Waals surface area contributed by atoms with Crippen LogP contribution >= 0.6 is 0 Å². The van der Waals surface area contributed by atoms with E-state index in [0.717, 1.165) is 38.6 Å². The summed E-state index contributed by atoms with van der Waals surface area (Å²) in [5, 5.41) is 19.9. The summed E-state index contributed by atoms with van der Waals surface area (Å²) >= 11 is 0. The van der Waals surface area contributed by atoms with Gasteiger partial charge < -0.3 is 25.2 Å². The zero-order chi connectivity index (χ0) is 31.2. The van der Waals surface area contributed by atoms with Gasteiger partial charge in [-0.2, -0.15) is 13.2 Å². The lowest BCUT2D eigenvalue weighted by Crippen LogP contribution is -2.51.